The van der Waals surface area contributed by atoms with Gasteiger partial charge >= 0.3 is 18.2 Å². The summed E-state index contributed by atoms with van der Waals surface area (Å²) in [5, 5.41) is 5.39. The molecule has 2 aromatic rings. The molecule has 2 atom stereocenters. The quantitative estimate of drug-likeness (QED) is 0.180. The Kier molecular flexibility index (Phi) is 13.8. The summed E-state index contributed by atoms with van der Waals surface area (Å²) < 4.78 is 21.4. The van der Waals surface area contributed by atoms with Gasteiger partial charge in [0.1, 0.15) is 42.2 Å². The molecule has 0 bridgehead atoms. The van der Waals surface area contributed by atoms with E-state index in [-0.39, 0.29) is 45.6 Å². The van der Waals surface area contributed by atoms with E-state index in [4.69, 9.17) is 18.9 Å². The van der Waals surface area contributed by atoms with E-state index in [1.54, 1.807) is 72.9 Å². The van der Waals surface area contributed by atoms with Crippen LogP contribution >= 0.6 is 0 Å². The first-order valence-corrected chi connectivity index (χ1v) is 16.4. The van der Waals surface area contributed by atoms with Crippen LogP contribution in [0.25, 0.3) is 0 Å². The molecule has 1 aliphatic heterocycles. The first-order valence-electron chi connectivity index (χ1n) is 16.4. The van der Waals surface area contributed by atoms with Crippen molar-refractivity contribution in [1.29, 1.82) is 0 Å². The number of carbonyl (C=O) groups is 5. The number of esters is 1. The number of carbonyl (C=O) groups excluding carboxylic acids is 5. The first kappa shape index (κ1) is 38.6. The molecule has 2 aromatic carbocycles. The molecule has 0 aliphatic carbocycles. The third-order valence-electron chi connectivity index (χ3n) is 7.33. The van der Waals surface area contributed by atoms with Crippen LogP contribution in [0.5, 0.6) is 5.75 Å². The highest BCUT2D eigenvalue weighted by atomic mass is 16.6. The van der Waals surface area contributed by atoms with Crippen LogP contribution in [0.2, 0.25) is 0 Å². The molecular formula is C36H50N4O9. The highest BCUT2D eigenvalue weighted by molar-refractivity contribution is 5.93. The maximum Gasteiger partial charge on any atom is 0.408 e. The molecule has 4 amide bonds. The van der Waals surface area contributed by atoms with Gasteiger partial charge in [-0.05, 0) is 77.6 Å². The number of piperazine rings is 1. The topological polar surface area (TPSA) is 153 Å². The second-order valence-corrected chi connectivity index (χ2v) is 13.8. The number of hydrogen-bond acceptors (Lipinski definition) is 9. The Morgan fingerprint density at radius 3 is 2.12 bits per heavy atom. The Hall–Kier alpha value is -4.81. The predicted molar refractivity (Wildman–Crippen MR) is 182 cm³/mol. The summed E-state index contributed by atoms with van der Waals surface area (Å²) in [6.07, 6.45) is -0.764. The third kappa shape index (κ3) is 13.3. The van der Waals surface area contributed by atoms with E-state index in [0.29, 0.717) is 12.2 Å². The van der Waals surface area contributed by atoms with Crippen molar-refractivity contribution in [3.8, 4) is 5.75 Å². The van der Waals surface area contributed by atoms with Gasteiger partial charge in [-0.1, -0.05) is 42.5 Å². The minimum absolute atomic E-state index is 0.00518. The normalized spacial score (nSPS) is 15.6. The van der Waals surface area contributed by atoms with Gasteiger partial charge in [0.25, 0.3) is 0 Å². The first-order chi connectivity index (χ1) is 23.0. The summed E-state index contributed by atoms with van der Waals surface area (Å²) in [7, 11) is 1.55. The van der Waals surface area contributed by atoms with Crippen molar-refractivity contribution < 1.29 is 42.9 Å². The van der Waals surface area contributed by atoms with Crippen LogP contribution in [0.4, 0.5) is 9.59 Å². The van der Waals surface area contributed by atoms with Crippen LogP contribution in [-0.2, 0) is 41.6 Å². The Morgan fingerprint density at radius 2 is 1.51 bits per heavy atom. The average molecular weight is 683 g/mol. The van der Waals surface area contributed by atoms with Gasteiger partial charge in [0.05, 0.1) is 7.11 Å². The molecule has 0 radical (unpaired) electrons. The minimum atomic E-state index is -1.08. The van der Waals surface area contributed by atoms with E-state index in [0.717, 1.165) is 11.1 Å². The molecule has 13 heteroatoms. The molecular weight excluding hydrogens is 632 g/mol. The van der Waals surface area contributed by atoms with Crippen LogP contribution in [0.1, 0.15) is 65.5 Å². The summed E-state index contributed by atoms with van der Waals surface area (Å²) >= 11 is 0. The lowest BCUT2D eigenvalue weighted by molar-refractivity contribution is -0.163. The van der Waals surface area contributed by atoms with Gasteiger partial charge in [0.2, 0.25) is 11.8 Å². The number of nitrogens with one attached hydrogen (secondary N) is 2. The molecule has 1 heterocycles. The summed E-state index contributed by atoms with van der Waals surface area (Å²) in [4.78, 5) is 68.8. The van der Waals surface area contributed by atoms with E-state index in [2.05, 4.69) is 10.6 Å². The van der Waals surface area contributed by atoms with Crippen molar-refractivity contribution in [3.05, 3.63) is 65.7 Å². The smallest absolute Gasteiger partial charge is 0.408 e. The molecule has 1 fully saturated rings. The number of methoxy groups -OCH3 is 1. The number of alkyl carbamates (subject to hydrolysis) is 2. The second kappa shape index (κ2) is 17.5. The van der Waals surface area contributed by atoms with E-state index in [1.165, 1.54) is 9.80 Å². The van der Waals surface area contributed by atoms with Crippen LogP contribution in [0.15, 0.2) is 54.6 Å². The van der Waals surface area contributed by atoms with Crippen LogP contribution in [0, 0.1) is 0 Å². The van der Waals surface area contributed by atoms with Crippen molar-refractivity contribution in [3.63, 3.8) is 0 Å². The average Bonchev–Trinajstić information content (AvgIpc) is 3.02. The molecule has 0 saturated carbocycles. The molecule has 3 rings (SSSR count). The van der Waals surface area contributed by atoms with Crippen molar-refractivity contribution in [2.45, 2.75) is 90.7 Å². The lowest BCUT2D eigenvalue weighted by Gasteiger charge is -2.42. The number of rotatable bonds is 13. The van der Waals surface area contributed by atoms with Crippen molar-refractivity contribution in [2.75, 3.05) is 33.3 Å². The van der Waals surface area contributed by atoms with Crippen molar-refractivity contribution in [2.24, 2.45) is 0 Å². The lowest BCUT2D eigenvalue weighted by Crippen LogP contribution is -2.63. The highest BCUT2D eigenvalue weighted by Gasteiger charge is 2.41. The predicted octanol–water partition coefficient (Wildman–Crippen LogP) is 4.22. The number of hydrogen-bond donors (Lipinski definition) is 2. The summed E-state index contributed by atoms with van der Waals surface area (Å²) in [6.45, 7) is 10.6. The molecule has 0 aromatic heterocycles. The number of nitrogens with zero attached hydrogens (tertiary/aromatic N) is 2. The molecule has 49 heavy (non-hydrogen) atoms. The molecule has 0 spiro atoms. The zero-order valence-corrected chi connectivity index (χ0v) is 29.6. The van der Waals surface area contributed by atoms with Gasteiger partial charge < -0.3 is 39.4 Å². The minimum Gasteiger partial charge on any atom is -0.497 e. The standard InChI is InChI=1S/C36H50N4O9/c1-35(2,3)48-30(41)23-39-20-21-40(29(32(39)43)14-11-19-37-33(44)49-36(4,5)6)31(42)28(22-25-15-17-27(46-7)18-16-25)38-34(45)47-24-26-12-9-8-10-13-26/h8-10,12-13,15-18,28-29H,11,14,19-24H2,1-7H3,(H,37,44)(H,38,45)/t28-,29-/m0/s1. The Balaban J connectivity index is 1.81. The Bertz CT molecular complexity index is 1420. The lowest BCUT2D eigenvalue weighted by atomic mass is 10.00. The molecule has 1 saturated heterocycles. The van der Waals surface area contributed by atoms with Gasteiger partial charge in [-0.25, -0.2) is 9.59 Å². The number of benzene rings is 2. The fraction of sp³-hybridized carbons (Fsp3) is 0.528. The molecule has 268 valence electrons. The monoisotopic (exact) mass is 682 g/mol. The van der Waals surface area contributed by atoms with Crippen LogP contribution < -0.4 is 15.4 Å². The molecule has 2 N–H and O–H groups in total. The molecule has 1 aliphatic rings. The van der Waals surface area contributed by atoms with Crippen LogP contribution in [0.3, 0.4) is 0 Å². The summed E-state index contributed by atoms with van der Waals surface area (Å²) in [6, 6.07) is 14.2. The maximum absolute atomic E-state index is 14.3. The zero-order valence-electron chi connectivity index (χ0n) is 29.6. The number of amides is 4. The molecule has 0 unspecified atom stereocenters. The van der Waals surface area contributed by atoms with E-state index < -0.39 is 53.3 Å². The summed E-state index contributed by atoms with van der Waals surface area (Å²) in [5.74, 6) is -0.847. The number of ether oxygens (including phenoxy) is 4. The Labute approximate surface area is 288 Å². The van der Waals surface area contributed by atoms with Gasteiger partial charge in [-0.3, -0.25) is 14.4 Å². The van der Waals surface area contributed by atoms with E-state index in [9.17, 15) is 24.0 Å². The van der Waals surface area contributed by atoms with Gasteiger partial charge in [-0.2, -0.15) is 0 Å². The van der Waals surface area contributed by atoms with Gasteiger partial charge in [-0.15, -0.1) is 0 Å². The maximum atomic E-state index is 14.3. The largest absolute Gasteiger partial charge is 0.497 e. The summed E-state index contributed by atoms with van der Waals surface area (Å²) in [5.41, 5.74) is 0.112. The van der Waals surface area contributed by atoms with Gasteiger partial charge in [0.15, 0.2) is 0 Å². The SMILES string of the molecule is COc1ccc(C[C@H](NC(=O)OCc2ccccc2)C(=O)N2CCN(CC(=O)OC(C)(C)C)C(=O)[C@@H]2CCCNC(=O)OC(C)(C)C)cc1. The van der Waals surface area contributed by atoms with Crippen molar-refractivity contribution in [1.82, 2.24) is 20.4 Å². The fourth-order valence-electron chi connectivity index (χ4n) is 5.17. The van der Waals surface area contributed by atoms with Crippen LogP contribution in [-0.4, -0.2) is 96.3 Å². The van der Waals surface area contributed by atoms with E-state index in [1.807, 2.05) is 30.3 Å². The zero-order chi connectivity index (χ0) is 36.2. The second-order valence-electron chi connectivity index (χ2n) is 13.8. The fourth-order valence-corrected chi connectivity index (χ4v) is 5.17. The molecule has 13 nitrogen and oxygen atoms in total. The Morgan fingerprint density at radius 1 is 0.857 bits per heavy atom. The van der Waals surface area contributed by atoms with E-state index >= 15 is 0 Å². The highest BCUT2D eigenvalue weighted by Crippen LogP contribution is 2.21. The van der Waals surface area contributed by atoms with Gasteiger partial charge in [0, 0.05) is 26.1 Å². The third-order valence-corrected chi connectivity index (χ3v) is 7.33. The van der Waals surface area contributed by atoms with Crippen molar-refractivity contribution >= 4 is 30.0 Å².